The SMILES string of the molecule is CCOc1ccc(N=C(C2=C(O)c3ccccc3C2=O)c2ccccc2)cc1. The Morgan fingerprint density at radius 1 is 0.893 bits per heavy atom. The van der Waals surface area contributed by atoms with E-state index in [0.717, 1.165) is 11.3 Å². The summed E-state index contributed by atoms with van der Waals surface area (Å²) in [5.74, 6) is 0.505. The van der Waals surface area contributed by atoms with E-state index in [9.17, 15) is 9.90 Å². The summed E-state index contributed by atoms with van der Waals surface area (Å²) in [6.45, 7) is 2.52. The molecule has 4 nitrogen and oxygen atoms in total. The lowest BCUT2D eigenvalue weighted by molar-refractivity contribution is 0.104. The van der Waals surface area contributed by atoms with Crippen molar-refractivity contribution in [1.82, 2.24) is 0 Å². The number of fused-ring (bicyclic) bond motifs is 1. The molecule has 0 saturated heterocycles. The molecule has 1 aliphatic carbocycles. The van der Waals surface area contributed by atoms with Crippen LogP contribution in [-0.2, 0) is 0 Å². The predicted molar refractivity (Wildman–Crippen MR) is 111 cm³/mol. The second-order valence-electron chi connectivity index (χ2n) is 6.35. The van der Waals surface area contributed by atoms with Crippen molar-refractivity contribution in [3.05, 3.63) is 101 Å². The van der Waals surface area contributed by atoms with Crippen LogP contribution < -0.4 is 4.74 Å². The number of aliphatic imine (C=N–C) groups is 1. The van der Waals surface area contributed by atoms with Gasteiger partial charge in [-0.05, 0) is 31.2 Å². The van der Waals surface area contributed by atoms with E-state index in [-0.39, 0.29) is 17.1 Å². The van der Waals surface area contributed by atoms with Crippen LogP contribution in [0.15, 0.2) is 89.4 Å². The quantitative estimate of drug-likeness (QED) is 0.615. The molecule has 4 heteroatoms. The summed E-state index contributed by atoms with van der Waals surface area (Å²) >= 11 is 0. The van der Waals surface area contributed by atoms with Crippen LogP contribution in [0.25, 0.3) is 5.76 Å². The van der Waals surface area contributed by atoms with Gasteiger partial charge in [0.1, 0.15) is 11.5 Å². The number of allylic oxidation sites excluding steroid dienone is 1. The van der Waals surface area contributed by atoms with Gasteiger partial charge >= 0.3 is 0 Å². The molecule has 3 aromatic carbocycles. The summed E-state index contributed by atoms with van der Waals surface area (Å²) in [5, 5.41) is 10.8. The summed E-state index contributed by atoms with van der Waals surface area (Å²) in [4.78, 5) is 17.8. The molecule has 0 unspecified atom stereocenters. The van der Waals surface area contributed by atoms with Gasteiger partial charge < -0.3 is 9.84 Å². The molecule has 0 radical (unpaired) electrons. The number of ether oxygens (including phenoxy) is 1. The standard InChI is InChI=1S/C24H19NO3/c1-2-28-18-14-12-17(13-15-18)25-22(16-8-4-3-5-9-16)21-23(26)19-10-6-7-11-20(19)24(21)27/h3-15,26H,2H2,1H3. The molecule has 138 valence electrons. The Balaban J connectivity index is 1.84. The van der Waals surface area contributed by atoms with E-state index in [2.05, 4.69) is 0 Å². The molecule has 0 bridgehead atoms. The second kappa shape index (κ2) is 7.53. The van der Waals surface area contributed by atoms with Crippen LogP contribution in [0.4, 0.5) is 5.69 Å². The summed E-state index contributed by atoms with van der Waals surface area (Å²) in [6, 6.07) is 23.8. The predicted octanol–water partition coefficient (Wildman–Crippen LogP) is 5.37. The maximum absolute atomic E-state index is 13.0. The van der Waals surface area contributed by atoms with Crippen molar-refractivity contribution in [2.75, 3.05) is 6.61 Å². The molecular formula is C24H19NO3. The smallest absolute Gasteiger partial charge is 0.199 e. The zero-order valence-electron chi connectivity index (χ0n) is 15.4. The van der Waals surface area contributed by atoms with E-state index >= 15 is 0 Å². The summed E-state index contributed by atoms with van der Waals surface area (Å²) in [6.07, 6.45) is 0. The molecule has 0 heterocycles. The minimum atomic E-state index is -0.221. The van der Waals surface area contributed by atoms with E-state index in [4.69, 9.17) is 9.73 Å². The molecule has 0 atom stereocenters. The second-order valence-corrected chi connectivity index (χ2v) is 6.35. The lowest BCUT2D eigenvalue weighted by atomic mass is 9.99. The van der Waals surface area contributed by atoms with Crippen LogP contribution >= 0.6 is 0 Å². The van der Waals surface area contributed by atoms with Crippen LogP contribution in [0, 0.1) is 0 Å². The minimum Gasteiger partial charge on any atom is -0.506 e. The topological polar surface area (TPSA) is 58.9 Å². The van der Waals surface area contributed by atoms with E-state index < -0.39 is 0 Å². The van der Waals surface area contributed by atoms with Crippen molar-refractivity contribution in [1.29, 1.82) is 0 Å². The van der Waals surface area contributed by atoms with Gasteiger partial charge in [0.2, 0.25) is 0 Å². The van der Waals surface area contributed by atoms with Gasteiger partial charge in [0.25, 0.3) is 0 Å². The Morgan fingerprint density at radius 3 is 2.18 bits per heavy atom. The fourth-order valence-corrected chi connectivity index (χ4v) is 3.26. The highest BCUT2D eigenvalue weighted by Gasteiger charge is 2.33. The molecule has 0 aromatic heterocycles. The van der Waals surface area contributed by atoms with Gasteiger partial charge in [0, 0.05) is 16.7 Å². The van der Waals surface area contributed by atoms with Crippen molar-refractivity contribution in [2.24, 2.45) is 4.99 Å². The van der Waals surface area contributed by atoms with Gasteiger partial charge in [-0.1, -0.05) is 54.6 Å². The first-order valence-corrected chi connectivity index (χ1v) is 9.13. The van der Waals surface area contributed by atoms with Crippen LogP contribution in [0.5, 0.6) is 5.75 Å². The fraction of sp³-hybridized carbons (Fsp3) is 0.0833. The van der Waals surface area contributed by atoms with Crippen LogP contribution in [0.2, 0.25) is 0 Å². The number of aliphatic hydroxyl groups is 1. The van der Waals surface area contributed by atoms with Gasteiger partial charge in [-0.2, -0.15) is 0 Å². The van der Waals surface area contributed by atoms with Gasteiger partial charge in [-0.15, -0.1) is 0 Å². The molecule has 0 saturated carbocycles. The largest absolute Gasteiger partial charge is 0.506 e. The Morgan fingerprint density at radius 2 is 1.54 bits per heavy atom. The lowest BCUT2D eigenvalue weighted by Crippen LogP contribution is -2.12. The van der Waals surface area contributed by atoms with Crippen LogP contribution in [-0.4, -0.2) is 23.2 Å². The molecule has 3 aromatic rings. The van der Waals surface area contributed by atoms with E-state index in [1.807, 2.05) is 61.5 Å². The zero-order valence-corrected chi connectivity index (χ0v) is 15.4. The number of Topliss-reactive ketones (excluding diaryl/α,β-unsaturated/α-hetero) is 1. The van der Waals surface area contributed by atoms with Gasteiger partial charge in [0.05, 0.1) is 23.6 Å². The molecule has 28 heavy (non-hydrogen) atoms. The van der Waals surface area contributed by atoms with Crippen molar-refractivity contribution in [3.63, 3.8) is 0 Å². The van der Waals surface area contributed by atoms with E-state index in [1.54, 1.807) is 24.3 Å². The highest BCUT2D eigenvalue weighted by atomic mass is 16.5. The van der Waals surface area contributed by atoms with Crippen molar-refractivity contribution in [3.8, 4) is 5.75 Å². The molecule has 1 N–H and O–H groups in total. The average molecular weight is 369 g/mol. The summed E-state index contributed by atoms with van der Waals surface area (Å²) in [5.41, 5.74) is 3.14. The lowest BCUT2D eigenvalue weighted by Gasteiger charge is -2.09. The third-order valence-corrected chi connectivity index (χ3v) is 4.56. The first kappa shape index (κ1) is 17.7. The van der Waals surface area contributed by atoms with E-state index in [0.29, 0.717) is 29.1 Å². The molecular weight excluding hydrogens is 350 g/mol. The minimum absolute atomic E-state index is 0.0332. The molecule has 1 aliphatic rings. The molecule has 0 amide bonds. The monoisotopic (exact) mass is 369 g/mol. The number of rotatable bonds is 5. The molecule has 0 aliphatic heterocycles. The number of ketones is 1. The van der Waals surface area contributed by atoms with Gasteiger partial charge in [0.15, 0.2) is 5.78 Å². The highest BCUT2D eigenvalue weighted by molar-refractivity contribution is 6.39. The number of carbonyl (C=O) groups excluding carboxylic acids is 1. The number of hydrogen-bond acceptors (Lipinski definition) is 4. The van der Waals surface area contributed by atoms with Crippen LogP contribution in [0.3, 0.4) is 0 Å². The van der Waals surface area contributed by atoms with Gasteiger partial charge in [-0.25, -0.2) is 4.99 Å². The number of carbonyl (C=O) groups is 1. The number of nitrogens with zero attached hydrogens (tertiary/aromatic N) is 1. The Labute approximate surface area is 163 Å². The first-order valence-electron chi connectivity index (χ1n) is 9.13. The Kier molecular flexibility index (Phi) is 4.77. The zero-order chi connectivity index (χ0) is 19.5. The van der Waals surface area contributed by atoms with Crippen molar-refractivity contribution >= 4 is 22.9 Å². The number of benzene rings is 3. The normalized spacial score (nSPS) is 13.6. The van der Waals surface area contributed by atoms with Crippen LogP contribution in [0.1, 0.15) is 28.4 Å². The number of hydrogen-bond donors (Lipinski definition) is 1. The maximum Gasteiger partial charge on any atom is 0.199 e. The van der Waals surface area contributed by atoms with E-state index in [1.165, 1.54) is 0 Å². The van der Waals surface area contributed by atoms with Crippen molar-refractivity contribution < 1.29 is 14.6 Å². The molecule has 4 rings (SSSR count). The molecule has 0 fully saturated rings. The third kappa shape index (κ3) is 3.21. The molecule has 0 spiro atoms. The number of aliphatic hydroxyl groups excluding tert-OH is 1. The Hall–Kier alpha value is -3.66. The van der Waals surface area contributed by atoms with Gasteiger partial charge in [-0.3, -0.25) is 4.79 Å². The fourth-order valence-electron chi connectivity index (χ4n) is 3.26. The third-order valence-electron chi connectivity index (χ3n) is 4.56. The summed E-state index contributed by atoms with van der Waals surface area (Å²) in [7, 11) is 0. The Bertz CT molecular complexity index is 1080. The van der Waals surface area contributed by atoms with Crippen molar-refractivity contribution in [2.45, 2.75) is 6.92 Å². The summed E-state index contributed by atoms with van der Waals surface area (Å²) < 4.78 is 5.47. The first-order chi connectivity index (χ1) is 13.7. The maximum atomic E-state index is 13.0. The average Bonchev–Trinajstić information content (AvgIpc) is 2.99. The highest BCUT2D eigenvalue weighted by Crippen LogP contribution is 2.34.